The zero-order chi connectivity index (χ0) is 15.5. The second-order valence-electron chi connectivity index (χ2n) is 4.96. The largest absolute Gasteiger partial charge is 0.491 e. The van der Waals surface area contributed by atoms with Crippen LogP contribution in [0.15, 0.2) is 28.9 Å². The van der Waals surface area contributed by atoms with Gasteiger partial charge in [-0.3, -0.25) is 0 Å². The first-order valence-corrected chi connectivity index (χ1v) is 7.05. The summed E-state index contributed by atoms with van der Waals surface area (Å²) < 4.78 is 23.9. The summed E-state index contributed by atoms with van der Waals surface area (Å²) in [7, 11) is 0. The Morgan fingerprint density at radius 3 is 3.14 bits per heavy atom. The number of benzene rings is 1. The van der Waals surface area contributed by atoms with Crippen molar-refractivity contribution in [1.29, 1.82) is 0 Å². The molecule has 1 aromatic heterocycles. The van der Waals surface area contributed by atoms with Crippen molar-refractivity contribution in [1.82, 2.24) is 15.6 Å². The maximum absolute atomic E-state index is 13.3. The van der Waals surface area contributed by atoms with Crippen LogP contribution in [0.5, 0.6) is 5.75 Å². The topological polar surface area (TPSA) is 76.4 Å². The van der Waals surface area contributed by atoms with E-state index in [9.17, 15) is 9.18 Å². The van der Waals surface area contributed by atoms with Gasteiger partial charge in [-0.25, -0.2) is 14.2 Å². The molecule has 1 unspecified atom stereocenters. The number of carbonyl (C=O) groups is 1. The summed E-state index contributed by atoms with van der Waals surface area (Å²) in [6.45, 7) is 2.49. The number of oxazole rings is 1. The lowest BCUT2D eigenvalue weighted by Crippen LogP contribution is -2.38. The van der Waals surface area contributed by atoms with Crippen LogP contribution in [0, 0.1) is 5.82 Å². The molecule has 6 nitrogen and oxygen atoms in total. The number of carbonyl (C=O) groups excluding carboxylic acids is 1. The highest BCUT2D eigenvalue weighted by Crippen LogP contribution is 2.32. The number of halogens is 1. The summed E-state index contributed by atoms with van der Waals surface area (Å²) in [6, 6.07) is 3.53. The molecule has 0 fully saturated rings. The second-order valence-corrected chi connectivity index (χ2v) is 4.96. The lowest BCUT2D eigenvalue weighted by atomic mass is 10.1. The van der Waals surface area contributed by atoms with Crippen LogP contribution in [0.4, 0.5) is 9.18 Å². The van der Waals surface area contributed by atoms with Gasteiger partial charge in [-0.15, -0.1) is 0 Å². The molecule has 7 heteroatoms. The summed E-state index contributed by atoms with van der Waals surface area (Å²) in [5.74, 6) is 0.868. The number of fused-ring (bicyclic) bond motifs is 1. The molecule has 0 bridgehead atoms. The zero-order valence-corrected chi connectivity index (χ0v) is 12.1. The Hall–Kier alpha value is -2.57. The van der Waals surface area contributed by atoms with E-state index in [1.54, 1.807) is 6.07 Å². The average Bonchev–Trinajstić information content (AvgIpc) is 3.12. The molecular weight excluding hydrogens is 289 g/mol. The number of nitrogens with one attached hydrogen (secondary N) is 2. The number of aromatic nitrogens is 1. The van der Waals surface area contributed by atoms with Gasteiger partial charge in [0.2, 0.25) is 0 Å². The highest BCUT2D eigenvalue weighted by atomic mass is 19.1. The highest BCUT2D eigenvalue weighted by molar-refractivity contribution is 5.74. The molecule has 0 saturated heterocycles. The van der Waals surface area contributed by atoms with Gasteiger partial charge in [0.05, 0.1) is 18.3 Å². The predicted octanol–water partition coefficient (Wildman–Crippen LogP) is 2.31. The number of hydrogen-bond donors (Lipinski definition) is 2. The number of nitrogens with zero attached hydrogens (tertiary/aromatic N) is 1. The Labute approximate surface area is 126 Å². The quantitative estimate of drug-likeness (QED) is 0.909. The third-order valence-electron chi connectivity index (χ3n) is 3.39. The molecule has 2 aromatic rings. The fourth-order valence-corrected chi connectivity index (χ4v) is 2.28. The monoisotopic (exact) mass is 305 g/mol. The minimum absolute atomic E-state index is 0.263. The molecule has 22 heavy (non-hydrogen) atoms. The Morgan fingerprint density at radius 1 is 1.50 bits per heavy atom. The lowest BCUT2D eigenvalue weighted by Gasteiger charge is -2.12. The van der Waals surface area contributed by atoms with Crippen molar-refractivity contribution in [2.75, 3.05) is 6.61 Å². The van der Waals surface area contributed by atoms with Gasteiger partial charge in [0.25, 0.3) is 0 Å². The van der Waals surface area contributed by atoms with Crippen molar-refractivity contribution < 1.29 is 18.3 Å². The maximum Gasteiger partial charge on any atom is 0.315 e. The van der Waals surface area contributed by atoms with Crippen molar-refractivity contribution in [3.05, 3.63) is 47.4 Å². The lowest BCUT2D eigenvalue weighted by molar-refractivity contribution is 0.231. The van der Waals surface area contributed by atoms with Crippen LogP contribution in [0.3, 0.4) is 0 Å². The van der Waals surface area contributed by atoms with Crippen LogP contribution in [-0.2, 0) is 13.0 Å². The Morgan fingerprint density at radius 2 is 2.36 bits per heavy atom. The number of hydrogen-bond acceptors (Lipinski definition) is 4. The molecule has 2 heterocycles. The van der Waals surface area contributed by atoms with E-state index in [0.717, 1.165) is 0 Å². The molecule has 116 valence electrons. The predicted molar refractivity (Wildman–Crippen MR) is 75.9 cm³/mol. The van der Waals surface area contributed by atoms with Gasteiger partial charge in [-0.2, -0.15) is 0 Å². The van der Waals surface area contributed by atoms with Crippen LogP contribution < -0.4 is 15.4 Å². The van der Waals surface area contributed by atoms with E-state index in [1.807, 2.05) is 6.92 Å². The van der Waals surface area contributed by atoms with Crippen molar-refractivity contribution in [3.8, 4) is 5.75 Å². The van der Waals surface area contributed by atoms with Crippen molar-refractivity contribution in [2.24, 2.45) is 0 Å². The molecule has 2 amide bonds. The van der Waals surface area contributed by atoms with E-state index < -0.39 is 0 Å². The number of urea groups is 1. The number of amides is 2. The Bertz CT molecular complexity index is 686. The molecule has 1 aliphatic rings. The molecular formula is C15H16FN3O3. The first-order chi connectivity index (χ1) is 10.7. The van der Waals surface area contributed by atoms with E-state index in [2.05, 4.69) is 15.6 Å². The van der Waals surface area contributed by atoms with Crippen molar-refractivity contribution >= 4 is 6.03 Å². The average molecular weight is 305 g/mol. The van der Waals surface area contributed by atoms with Gasteiger partial charge < -0.3 is 19.8 Å². The van der Waals surface area contributed by atoms with Crippen LogP contribution in [0.25, 0.3) is 0 Å². The van der Waals surface area contributed by atoms with Gasteiger partial charge in [-0.1, -0.05) is 6.92 Å². The molecule has 0 aliphatic carbocycles. The van der Waals surface area contributed by atoms with Crippen LogP contribution >= 0.6 is 0 Å². The van der Waals surface area contributed by atoms with E-state index in [1.165, 1.54) is 18.4 Å². The van der Waals surface area contributed by atoms with E-state index >= 15 is 0 Å². The minimum Gasteiger partial charge on any atom is -0.491 e. The molecule has 0 saturated carbocycles. The molecule has 1 aliphatic heterocycles. The smallest absolute Gasteiger partial charge is 0.315 e. The SMILES string of the molecule is CCc1nc(CNC(=O)NC2COc3ccc(F)cc32)co1. The Balaban J connectivity index is 1.56. The zero-order valence-electron chi connectivity index (χ0n) is 12.1. The molecule has 0 spiro atoms. The summed E-state index contributed by atoms with van der Waals surface area (Å²) in [5, 5.41) is 5.44. The number of ether oxygens (including phenoxy) is 1. The second kappa shape index (κ2) is 6.05. The summed E-state index contributed by atoms with van der Waals surface area (Å²) in [5.41, 5.74) is 1.30. The van der Waals surface area contributed by atoms with E-state index in [-0.39, 0.29) is 31.0 Å². The maximum atomic E-state index is 13.3. The third kappa shape index (κ3) is 3.03. The first kappa shape index (κ1) is 14.4. The van der Waals surface area contributed by atoms with Gasteiger partial charge in [-0.05, 0) is 18.2 Å². The van der Waals surface area contributed by atoms with Crippen LogP contribution in [0.1, 0.15) is 30.1 Å². The van der Waals surface area contributed by atoms with Gasteiger partial charge in [0, 0.05) is 12.0 Å². The summed E-state index contributed by atoms with van der Waals surface area (Å²) in [4.78, 5) is 16.1. The van der Waals surface area contributed by atoms with Crippen molar-refractivity contribution in [3.63, 3.8) is 0 Å². The summed E-state index contributed by atoms with van der Waals surface area (Å²) in [6.07, 6.45) is 2.22. The van der Waals surface area contributed by atoms with Crippen molar-refractivity contribution in [2.45, 2.75) is 25.9 Å². The number of rotatable bonds is 4. The van der Waals surface area contributed by atoms with Crippen LogP contribution in [-0.4, -0.2) is 17.6 Å². The summed E-state index contributed by atoms with van der Waals surface area (Å²) >= 11 is 0. The van der Waals surface area contributed by atoms with E-state index in [4.69, 9.17) is 9.15 Å². The highest BCUT2D eigenvalue weighted by Gasteiger charge is 2.26. The Kier molecular flexibility index (Phi) is 3.95. The fourth-order valence-electron chi connectivity index (χ4n) is 2.28. The molecule has 0 radical (unpaired) electrons. The van der Waals surface area contributed by atoms with Gasteiger partial charge >= 0.3 is 6.03 Å². The molecule has 1 aromatic carbocycles. The van der Waals surface area contributed by atoms with Gasteiger partial charge in [0.1, 0.15) is 24.4 Å². The molecule has 3 rings (SSSR count). The van der Waals surface area contributed by atoms with E-state index in [0.29, 0.717) is 29.3 Å². The van der Waals surface area contributed by atoms with Gasteiger partial charge in [0.15, 0.2) is 5.89 Å². The molecule has 2 N–H and O–H groups in total. The number of aryl methyl sites for hydroxylation is 1. The van der Waals surface area contributed by atoms with Crippen LogP contribution in [0.2, 0.25) is 0 Å². The molecule has 1 atom stereocenters. The minimum atomic E-state index is -0.369. The third-order valence-corrected chi connectivity index (χ3v) is 3.39. The normalized spacial score (nSPS) is 16.0. The fraction of sp³-hybridized carbons (Fsp3) is 0.333. The first-order valence-electron chi connectivity index (χ1n) is 7.05. The standard InChI is InChI=1S/C15H16FN3O3/c1-2-14-18-10(7-22-14)6-17-15(20)19-12-8-21-13-4-3-9(16)5-11(12)13/h3-5,7,12H,2,6,8H2,1H3,(H2,17,19,20).